The van der Waals surface area contributed by atoms with Crippen molar-refractivity contribution in [2.24, 2.45) is 0 Å². The van der Waals surface area contributed by atoms with Crippen LogP contribution in [0.4, 0.5) is 0 Å². The monoisotopic (exact) mass is 146 g/mol. The predicted molar refractivity (Wildman–Crippen MR) is 43.6 cm³/mol. The Kier molecular flexibility index (Phi) is 4.65. The largest absolute Gasteiger partial charge is 0.347 e. The van der Waals surface area contributed by atoms with E-state index < -0.39 is 0 Å². The Morgan fingerprint density at radius 3 is 1.70 bits per heavy atom. The molecule has 0 aromatic heterocycles. The van der Waals surface area contributed by atoms with Crippen LogP contribution in [-0.2, 0) is 0 Å². The smallest absolute Gasteiger partial charge is 0.180 e. The average Bonchev–Trinajstić information content (AvgIpc) is 2.01. The summed E-state index contributed by atoms with van der Waals surface area (Å²) in [4.78, 5) is 0. The minimum atomic E-state index is 0.292. The third kappa shape index (κ3) is 2.27. The molecule has 0 radical (unpaired) electrons. The van der Waals surface area contributed by atoms with Crippen LogP contribution in [0.5, 0.6) is 0 Å². The highest BCUT2D eigenvalue weighted by atomic mass is 16.3. The molecule has 0 saturated heterocycles. The lowest BCUT2D eigenvalue weighted by molar-refractivity contribution is -0.942. The molecule has 62 valence electrons. The zero-order valence-corrected chi connectivity index (χ0v) is 7.43. The Morgan fingerprint density at radius 1 is 1.10 bits per heavy atom. The second-order valence-electron chi connectivity index (χ2n) is 2.84. The van der Waals surface area contributed by atoms with Gasteiger partial charge >= 0.3 is 0 Å². The van der Waals surface area contributed by atoms with Gasteiger partial charge in [0, 0.05) is 0 Å². The van der Waals surface area contributed by atoms with Crippen LogP contribution in [0.2, 0.25) is 0 Å². The second kappa shape index (κ2) is 4.69. The van der Waals surface area contributed by atoms with Crippen molar-refractivity contribution in [1.82, 2.24) is 0 Å². The van der Waals surface area contributed by atoms with E-state index in [9.17, 15) is 0 Å². The van der Waals surface area contributed by atoms with Crippen LogP contribution in [0.3, 0.4) is 0 Å². The molecule has 0 heterocycles. The molecule has 0 aromatic rings. The molecule has 0 aliphatic heterocycles. The van der Waals surface area contributed by atoms with E-state index in [1.807, 2.05) is 0 Å². The van der Waals surface area contributed by atoms with Gasteiger partial charge in [-0.05, 0) is 20.3 Å². The molecule has 0 aliphatic rings. The molecule has 2 nitrogen and oxygen atoms in total. The molecule has 0 atom stereocenters. The van der Waals surface area contributed by atoms with Gasteiger partial charge in [0.25, 0.3) is 0 Å². The number of rotatable bonds is 5. The molecule has 0 rings (SSSR count). The molecular formula is C8H20NO+. The minimum absolute atomic E-state index is 0.292. The van der Waals surface area contributed by atoms with E-state index in [0.29, 0.717) is 6.73 Å². The quantitative estimate of drug-likeness (QED) is 0.456. The Balaban J connectivity index is 3.87. The predicted octanol–water partition coefficient (Wildman–Crippen LogP) is 1.20. The van der Waals surface area contributed by atoms with Crippen molar-refractivity contribution in [2.45, 2.75) is 27.2 Å². The molecule has 0 bridgehead atoms. The van der Waals surface area contributed by atoms with Gasteiger partial charge in [-0.15, -0.1) is 0 Å². The summed E-state index contributed by atoms with van der Waals surface area (Å²) in [6, 6.07) is 0. The summed E-state index contributed by atoms with van der Waals surface area (Å²) in [5, 5.41) is 9.08. The maximum Gasteiger partial charge on any atom is 0.180 e. The fourth-order valence-corrected chi connectivity index (χ4v) is 1.28. The van der Waals surface area contributed by atoms with Gasteiger partial charge < -0.3 is 9.59 Å². The Morgan fingerprint density at radius 2 is 1.60 bits per heavy atom. The summed E-state index contributed by atoms with van der Waals surface area (Å²) in [5.74, 6) is 0. The number of quaternary nitrogens is 1. The highest BCUT2D eigenvalue weighted by molar-refractivity contribution is 4.32. The SMILES string of the molecule is CCC[N+](CC)(CC)CO. The topological polar surface area (TPSA) is 20.2 Å². The van der Waals surface area contributed by atoms with E-state index in [1.54, 1.807) is 0 Å². The standard InChI is InChI=1S/C8H20NO/c1-4-7-9(5-2,6-3)8-10/h10H,4-8H2,1-3H3/q+1. The zero-order valence-electron chi connectivity index (χ0n) is 7.43. The van der Waals surface area contributed by atoms with E-state index in [0.717, 1.165) is 30.5 Å². The van der Waals surface area contributed by atoms with E-state index in [2.05, 4.69) is 20.8 Å². The van der Waals surface area contributed by atoms with Crippen LogP contribution >= 0.6 is 0 Å². The van der Waals surface area contributed by atoms with Gasteiger partial charge in [0.15, 0.2) is 6.73 Å². The summed E-state index contributed by atoms with van der Waals surface area (Å²) >= 11 is 0. The van der Waals surface area contributed by atoms with E-state index >= 15 is 0 Å². The van der Waals surface area contributed by atoms with Crippen LogP contribution in [0.1, 0.15) is 27.2 Å². The first-order chi connectivity index (χ1) is 4.74. The van der Waals surface area contributed by atoms with Gasteiger partial charge in [-0.1, -0.05) is 6.92 Å². The van der Waals surface area contributed by atoms with Crippen LogP contribution in [0, 0.1) is 0 Å². The fourth-order valence-electron chi connectivity index (χ4n) is 1.28. The van der Waals surface area contributed by atoms with E-state index in [-0.39, 0.29) is 0 Å². The minimum Gasteiger partial charge on any atom is -0.347 e. The van der Waals surface area contributed by atoms with Crippen molar-refractivity contribution >= 4 is 0 Å². The summed E-state index contributed by atoms with van der Waals surface area (Å²) < 4.78 is 0.858. The first kappa shape index (κ1) is 9.92. The molecule has 0 fully saturated rings. The maximum atomic E-state index is 9.08. The summed E-state index contributed by atoms with van der Waals surface area (Å²) in [6.07, 6.45) is 1.16. The summed E-state index contributed by atoms with van der Waals surface area (Å²) in [5.41, 5.74) is 0. The van der Waals surface area contributed by atoms with Gasteiger partial charge in [0.2, 0.25) is 0 Å². The first-order valence-electron chi connectivity index (χ1n) is 4.20. The van der Waals surface area contributed by atoms with Crippen molar-refractivity contribution in [1.29, 1.82) is 0 Å². The summed E-state index contributed by atoms with van der Waals surface area (Å²) in [7, 11) is 0. The average molecular weight is 146 g/mol. The second-order valence-corrected chi connectivity index (χ2v) is 2.84. The lowest BCUT2D eigenvalue weighted by atomic mass is 10.3. The summed E-state index contributed by atoms with van der Waals surface area (Å²) in [6.45, 7) is 9.91. The van der Waals surface area contributed by atoms with Gasteiger partial charge in [0.1, 0.15) is 0 Å². The molecule has 0 spiro atoms. The maximum absolute atomic E-state index is 9.08. The molecule has 0 unspecified atom stereocenters. The van der Waals surface area contributed by atoms with Crippen LogP contribution in [-0.4, -0.2) is 36.0 Å². The molecule has 0 aromatic carbocycles. The number of aliphatic hydroxyl groups excluding tert-OH is 1. The Labute approximate surface area is 64.1 Å². The van der Waals surface area contributed by atoms with Crippen molar-refractivity contribution in [3.8, 4) is 0 Å². The van der Waals surface area contributed by atoms with Crippen LogP contribution in [0.25, 0.3) is 0 Å². The van der Waals surface area contributed by atoms with E-state index in [1.165, 1.54) is 0 Å². The van der Waals surface area contributed by atoms with Gasteiger partial charge in [-0.25, -0.2) is 0 Å². The highest BCUT2D eigenvalue weighted by Crippen LogP contribution is 2.04. The fraction of sp³-hybridized carbons (Fsp3) is 1.00. The molecule has 0 saturated carbocycles. The molecule has 10 heavy (non-hydrogen) atoms. The molecule has 2 heteroatoms. The lowest BCUT2D eigenvalue weighted by Crippen LogP contribution is -2.48. The van der Waals surface area contributed by atoms with Crippen molar-refractivity contribution in [2.75, 3.05) is 26.4 Å². The number of nitrogens with zero attached hydrogens (tertiary/aromatic N) is 1. The van der Waals surface area contributed by atoms with Crippen LogP contribution in [0.15, 0.2) is 0 Å². The van der Waals surface area contributed by atoms with Crippen molar-refractivity contribution < 1.29 is 9.59 Å². The highest BCUT2D eigenvalue weighted by Gasteiger charge is 2.19. The number of hydrogen-bond donors (Lipinski definition) is 1. The Hall–Kier alpha value is -0.0800. The van der Waals surface area contributed by atoms with E-state index in [4.69, 9.17) is 5.11 Å². The molecule has 1 N–H and O–H groups in total. The van der Waals surface area contributed by atoms with Crippen molar-refractivity contribution in [3.05, 3.63) is 0 Å². The number of aliphatic hydroxyl groups is 1. The third-order valence-electron chi connectivity index (χ3n) is 2.34. The van der Waals surface area contributed by atoms with Crippen LogP contribution < -0.4 is 0 Å². The normalized spacial score (nSPS) is 12.0. The van der Waals surface area contributed by atoms with Gasteiger partial charge in [-0.2, -0.15) is 0 Å². The lowest BCUT2D eigenvalue weighted by Gasteiger charge is -2.34. The zero-order chi connectivity index (χ0) is 8.04. The van der Waals surface area contributed by atoms with Gasteiger partial charge in [0.05, 0.1) is 19.6 Å². The van der Waals surface area contributed by atoms with Crippen molar-refractivity contribution in [3.63, 3.8) is 0 Å². The number of hydrogen-bond acceptors (Lipinski definition) is 1. The third-order valence-corrected chi connectivity index (χ3v) is 2.34. The molecular weight excluding hydrogens is 126 g/mol. The molecule has 0 amide bonds. The first-order valence-corrected chi connectivity index (χ1v) is 4.20. The Bertz CT molecular complexity index is 71.1. The van der Waals surface area contributed by atoms with Gasteiger partial charge in [-0.3, -0.25) is 0 Å². The molecule has 0 aliphatic carbocycles.